The largest absolute Gasteiger partial charge is 0.507 e. The molecule has 0 amide bonds. The second-order valence-electron chi connectivity index (χ2n) is 5.22. The zero-order valence-corrected chi connectivity index (χ0v) is 12.7. The highest BCUT2D eigenvalue weighted by atomic mass is 16.5. The molecule has 0 spiro atoms. The number of carbonyl (C=O) groups is 1. The molecule has 114 valence electrons. The second kappa shape index (κ2) is 6.13. The number of hydrogen-bond donors (Lipinski definition) is 1. The second-order valence-corrected chi connectivity index (χ2v) is 5.22. The molecule has 0 heterocycles. The smallest absolute Gasteiger partial charge is 0.338 e. The Morgan fingerprint density at radius 1 is 1.09 bits per heavy atom. The molecule has 0 saturated carbocycles. The van der Waals surface area contributed by atoms with E-state index in [1.807, 2.05) is 48.5 Å². The highest BCUT2D eigenvalue weighted by molar-refractivity contribution is 6.10. The van der Waals surface area contributed by atoms with Crippen molar-refractivity contribution in [3.05, 3.63) is 72.6 Å². The molecule has 3 aromatic carbocycles. The van der Waals surface area contributed by atoms with Gasteiger partial charge >= 0.3 is 5.97 Å². The number of phenolic OH excluding ortho intramolecular Hbond substituents is 1. The summed E-state index contributed by atoms with van der Waals surface area (Å²) in [4.78, 5) is 12.2. The Kier molecular flexibility index (Phi) is 4.02. The maximum atomic E-state index is 12.2. The monoisotopic (exact) mass is 304 g/mol. The van der Waals surface area contributed by atoms with Crippen molar-refractivity contribution >= 4 is 16.7 Å². The Morgan fingerprint density at radius 3 is 2.43 bits per heavy atom. The first-order valence-corrected chi connectivity index (χ1v) is 7.28. The molecule has 3 rings (SSSR count). The van der Waals surface area contributed by atoms with Gasteiger partial charge in [0.15, 0.2) is 0 Å². The van der Waals surface area contributed by atoms with Gasteiger partial charge in [0.1, 0.15) is 5.75 Å². The zero-order valence-electron chi connectivity index (χ0n) is 12.7. The van der Waals surface area contributed by atoms with Crippen molar-refractivity contribution in [2.45, 2.75) is 6.42 Å². The minimum Gasteiger partial charge on any atom is -0.507 e. The van der Waals surface area contributed by atoms with E-state index in [9.17, 15) is 9.90 Å². The first-order valence-electron chi connectivity index (χ1n) is 7.28. The molecule has 3 nitrogen and oxygen atoms in total. The normalized spacial score (nSPS) is 10.7. The Labute approximate surface area is 135 Å². The van der Waals surface area contributed by atoms with Crippen molar-refractivity contribution in [2.24, 2.45) is 0 Å². The van der Waals surface area contributed by atoms with Gasteiger partial charge in [-0.1, -0.05) is 48.5 Å². The zero-order chi connectivity index (χ0) is 16.4. The molecule has 0 aromatic heterocycles. The van der Waals surface area contributed by atoms with Gasteiger partial charge in [-0.05, 0) is 35.9 Å². The van der Waals surface area contributed by atoms with Crippen molar-refractivity contribution in [1.29, 1.82) is 0 Å². The number of esters is 1. The molecule has 23 heavy (non-hydrogen) atoms. The van der Waals surface area contributed by atoms with Gasteiger partial charge in [0.2, 0.25) is 0 Å². The third kappa shape index (κ3) is 2.55. The van der Waals surface area contributed by atoms with Crippen LogP contribution in [0.4, 0.5) is 0 Å². The summed E-state index contributed by atoms with van der Waals surface area (Å²) in [5, 5.41) is 11.7. The highest BCUT2D eigenvalue weighted by Gasteiger charge is 2.20. The van der Waals surface area contributed by atoms with Gasteiger partial charge < -0.3 is 9.84 Å². The van der Waals surface area contributed by atoms with Crippen LogP contribution in [0.25, 0.3) is 21.9 Å². The van der Waals surface area contributed by atoms with Crippen molar-refractivity contribution in [3.8, 4) is 16.9 Å². The molecule has 0 bridgehead atoms. The number of methoxy groups -OCH3 is 1. The molecule has 0 atom stereocenters. The third-order valence-corrected chi connectivity index (χ3v) is 3.93. The molecule has 0 unspecified atom stereocenters. The maximum absolute atomic E-state index is 12.2. The minimum absolute atomic E-state index is 0.0509. The Hall–Kier alpha value is -2.81. The van der Waals surface area contributed by atoms with Crippen LogP contribution in [0, 0.1) is 6.92 Å². The molecule has 0 aliphatic carbocycles. The van der Waals surface area contributed by atoms with Crippen LogP contribution in [-0.4, -0.2) is 18.2 Å². The van der Waals surface area contributed by atoms with E-state index in [0.717, 1.165) is 22.1 Å². The lowest BCUT2D eigenvalue weighted by Gasteiger charge is -2.16. The predicted molar refractivity (Wildman–Crippen MR) is 90.4 cm³/mol. The summed E-state index contributed by atoms with van der Waals surface area (Å²) in [6.07, 6.45) is 0.353. The predicted octanol–water partition coefficient (Wildman–Crippen LogP) is 4.25. The Morgan fingerprint density at radius 2 is 1.74 bits per heavy atom. The summed E-state index contributed by atoms with van der Waals surface area (Å²) < 4.78 is 4.89. The van der Waals surface area contributed by atoms with Crippen LogP contribution >= 0.6 is 0 Å². The van der Waals surface area contributed by atoms with E-state index in [2.05, 4.69) is 0 Å². The number of carbonyl (C=O) groups excluding carboxylic acids is 1. The molecule has 0 saturated heterocycles. The lowest BCUT2D eigenvalue weighted by atomic mass is 9.89. The van der Waals surface area contributed by atoms with E-state index in [1.54, 1.807) is 0 Å². The fourth-order valence-corrected chi connectivity index (χ4v) is 2.86. The van der Waals surface area contributed by atoms with Crippen LogP contribution in [0.2, 0.25) is 0 Å². The van der Waals surface area contributed by atoms with Crippen LogP contribution in [0.15, 0.2) is 54.6 Å². The summed E-state index contributed by atoms with van der Waals surface area (Å²) >= 11 is 0. The lowest BCUT2D eigenvalue weighted by molar-refractivity contribution is 0.0601. The number of fused-ring (bicyclic) bond motifs is 1. The SMILES string of the molecule is [CH]Cc1ccccc1-c1c(C(=O)OC)cc(O)c2ccccc12. The minimum atomic E-state index is -0.493. The van der Waals surface area contributed by atoms with Crippen LogP contribution in [0.3, 0.4) is 0 Å². The van der Waals surface area contributed by atoms with Crippen molar-refractivity contribution in [3.63, 3.8) is 0 Å². The van der Waals surface area contributed by atoms with Gasteiger partial charge in [-0.3, -0.25) is 0 Å². The number of phenols is 1. The standard InChI is InChI=1S/C20H16O3/c1-3-13-8-4-5-9-14(13)19-16-11-7-6-10-15(16)18(21)12-17(19)20(22)23-2/h1,4-12,21H,3H2,2H3. The molecule has 1 N–H and O–H groups in total. The van der Waals surface area contributed by atoms with Crippen LogP contribution in [0.5, 0.6) is 5.75 Å². The summed E-state index contributed by atoms with van der Waals surface area (Å²) in [7, 11) is 1.33. The van der Waals surface area contributed by atoms with Gasteiger partial charge in [-0.2, -0.15) is 0 Å². The molecule has 3 heteroatoms. The molecular formula is C20H16O3. The van der Waals surface area contributed by atoms with E-state index in [4.69, 9.17) is 11.7 Å². The van der Waals surface area contributed by atoms with Crippen LogP contribution < -0.4 is 0 Å². The number of aromatic hydroxyl groups is 1. The summed E-state index contributed by atoms with van der Waals surface area (Å²) in [6, 6.07) is 16.5. The number of rotatable bonds is 3. The molecular weight excluding hydrogens is 288 g/mol. The molecule has 2 radical (unpaired) electrons. The first-order chi connectivity index (χ1) is 11.2. The lowest BCUT2D eigenvalue weighted by Crippen LogP contribution is -2.05. The number of benzene rings is 3. The maximum Gasteiger partial charge on any atom is 0.338 e. The summed E-state index contributed by atoms with van der Waals surface area (Å²) in [5.74, 6) is -0.442. The fraction of sp³-hybridized carbons (Fsp3) is 0.100. The van der Waals surface area contributed by atoms with E-state index >= 15 is 0 Å². The molecule has 0 aliphatic rings. The molecule has 0 fully saturated rings. The van der Waals surface area contributed by atoms with Gasteiger partial charge in [0, 0.05) is 10.9 Å². The van der Waals surface area contributed by atoms with Crippen molar-refractivity contribution in [2.75, 3.05) is 7.11 Å². The van der Waals surface area contributed by atoms with Crippen LogP contribution in [0.1, 0.15) is 15.9 Å². The average Bonchev–Trinajstić information content (AvgIpc) is 2.61. The van der Waals surface area contributed by atoms with Gasteiger partial charge in [-0.25, -0.2) is 4.79 Å². The third-order valence-electron chi connectivity index (χ3n) is 3.93. The highest BCUT2D eigenvalue weighted by Crippen LogP contribution is 2.39. The van der Waals surface area contributed by atoms with Gasteiger partial charge in [0.05, 0.1) is 12.7 Å². The topological polar surface area (TPSA) is 46.5 Å². The number of hydrogen-bond acceptors (Lipinski definition) is 3. The van der Waals surface area contributed by atoms with Gasteiger partial charge in [-0.15, -0.1) is 0 Å². The van der Waals surface area contributed by atoms with Crippen molar-refractivity contribution < 1.29 is 14.6 Å². The van der Waals surface area contributed by atoms with Crippen LogP contribution in [-0.2, 0) is 11.2 Å². The fourth-order valence-electron chi connectivity index (χ4n) is 2.86. The number of ether oxygens (including phenoxy) is 1. The van der Waals surface area contributed by atoms with E-state index in [0.29, 0.717) is 17.4 Å². The average molecular weight is 304 g/mol. The van der Waals surface area contributed by atoms with Crippen molar-refractivity contribution in [1.82, 2.24) is 0 Å². The Balaban J connectivity index is 2.46. The quantitative estimate of drug-likeness (QED) is 0.736. The first kappa shape index (κ1) is 15.1. The van der Waals surface area contributed by atoms with Gasteiger partial charge in [0.25, 0.3) is 0 Å². The van der Waals surface area contributed by atoms with E-state index in [-0.39, 0.29) is 5.75 Å². The summed E-state index contributed by atoms with van der Waals surface area (Å²) in [5.41, 5.74) is 2.84. The molecule has 0 aliphatic heterocycles. The van der Waals surface area contributed by atoms with E-state index in [1.165, 1.54) is 13.2 Å². The Bertz CT molecular complexity index is 881. The van der Waals surface area contributed by atoms with E-state index < -0.39 is 5.97 Å². The summed E-state index contributed by atoms with van der Waals surface area (Å²) in [6.45, 7) is 5.86. The molecule has 3 aromatic rings.